The fraction of sp³-hybridized carbons (Fsp3) is 1.00. The van der Waals surface area contributed by atoms with Crippen LogP contribution in [-0.2, 0) is 9.84 Å². The van der Waals surface area contributed by atoms with Gasteiger partial charge in [-0.3, -0.25) is 0 Å². The minimum atomic E-state index is -2.96. The van der Waals surface area contributed by atoms with Gasteiger partial charge in [-0.2, -0.15) is 11.8 Å². The van der Waals surface area contributed by atoms with Gasteiger partial charge in [-0.25, -0.2) is 8.42 Å². The molecule has 1 rings (SSSR count). The maximum Gasteiger partial charge on any atom is 0.154 e. The van der Waals surface area contributed by atoms with Gasteiger partial charge in [-0.1, -0.05) is 13.8 Å². The first kappa shape index (κ1) is 10.3. The molecule has 0 aromatic heterocycles. The number of sulfone groups is 1. The highest BCUT2D eigenvalue weighted by Gasteiger charge is 2.36. The van der Waals surface area contributed by atoms with Crippen molar-refractivity contribution in [2.75, 3.05) is 11.5 Å². The molecule has 1 aliphatic rings. The molecule has 0 saturated carbocycles. The predicted molar refractivity (Wildman–Crippen MR) is 51.2 cm³/mol. The number of aliphatic hydroxyl groups is 1. The normalized spacial score (nSPS) is 34.3. The van der Waals surface area contributed by atoms with Crippen molar-refractivity contribution >= 4 is 21.6 Å². The van der Waals surface area contributed by atoms with Crippen molar-refractivity contribution in [2.24, 2.45) is 0 Å². The van der Waals surface area contributed by atoms with Crippen molar-refractivity contribution in [1.82, 2.24) is 0 Å². The molecule has 1 saturated heterocycles. The minimum Gasteiger partial charge on any atom is -0.391 e. The number of hydrogen-bond acceptors (Lipinski definition) is 4. The maximum absolute atomic E-state index is 11.1. The van der Waals surface area contributed by atoms with Crippen molar-refractivity contribution in [3.8, 4) is 0 Å². The van der Waals surface area contributed by atoms with Crippen LogP contribution in [0, 0.1) is 0 Å². The first-order valence-electron chi connectivity index (χ1n) is 3.94. The second kappa shape index (κ2) is 3.55. The number of hydrogen-bond donors (Lipinski definition) is 1. The van der Waals surface area contributed by atoms with Gasteiger partial charge >= 0.3 is 0 Å². The van der Waals surface area contributed by atoms with Crippen LogP contribution < -0.4 is 0 Å². The molecular weight excluding hydrogens is 196 g/mol. The van der Waals surface area contributed by atoms with E-state index in [1.54, 1.807) is 11.8 Å². The summed E-state index contributed by atoms with van der Waals surface area (Å²) in [5.41, 5.74) is 0. The summed E-state index contributed by atoms with van der Waals surface area (Å²) in [7, 11) is -2.96. The first-order chi connectivity index (χ1) is 5.41. The van der Waals surface area contributed by atoms with E-state index < -0.39 is 15.9 Å². The van der Waals surface area contributed by atoms with Gasteiger partial charge in [0.1, 0.15) is 0 Å². The molecule has 0 spiro atoms. The quantitative estimate of drug-likeness (QED) is 0.711. The summed E-state index contributed by atoms with van der Waals surface area (Å²) in [6.45, 7) is 4.00. The standard InChI is InChI=1S/C7H14O3S2/c1-5(2)11-7-4-12(9,10)3-6(7)8/h5-8H,3-4H2,1-2H3. The average molecular weight is 210 g/mol. The molecule has 0 amide bonds. The van der Waals surface area contributed by atoms with Gasteiger partial charge in [0.05, 0.1) is 17.6 Å². The lowest BCUT2D eigenvalue weighted by molar-refractivity contribution is 0.207. The molecule has 12 heavy (non-hydrogen) atoms. The molecule has 0 radical (unpaired) electrons. The SMILES string of the molecule is CC(C)SC1CS(=O)(=O)CC1O. The topological polar surface area (TPSA) is 54.4 Å². The van der Waals surface area contributed by atoms with Crippen LogP contribution in [0.3, 0.4) is 0 Å². The molecule has 0 aliphatic carbocycles. The highest BCUT2D eigenvalue weighted by molar-refractivity contribution is 8.02. The van der Waals surface area contributed by atoms with E-state index in [1.807, 2.05) is 13.8 Å². The molecule has 72 valence electrons. The number of rotatable bonds is 2. The van der Waals surface area contributed by atoms with Crippen LogP contribution in [-0.4, -0.2) is 41.6 Å². The Labute approximate surface area is 77.5 Å². The molecule has 2 unspecified atom stereocenters. The zero-order valence-electron chi connectivity index (χ0n) is 7.23. The highest BCUT2D eigenvalue weighted by Crippen LogP contribution is 2.27. The lowest BCUT2D eigenvalue weighted by atomic mass is 10.3. The molecular formula is C7H14O3S2. The fourth-order valence-corrected chi connectivity index (χ4v) is 4.92. The summed E-state index contributed by atoms with van der Waals surface area (Å²) in [5, 5.41) is 9.63. The Balaban J connectivity index is 2.58. The number of aliphatic hydroxyl groups excluding tert-OH is 1. The largest absolute Gasteiger partial charge is 0.391 e. The predicted octanol–water partition coefficient (Wildman–Crippen LogP) is 0.286. The third kappa shape index (κ3) is 2.64. The molecule has 0 aromatic rings. The Kier molecular flexibility index (Phi) is 3.06. The Morgan fingerprint density at radius 1 is 1.42 bits per heavy atom. The highest BCUT2D eigenvalue weighted by atomic mass is 32.2. The first-order valence-corrected chi connectivity index (χ1v) is 6.71. The van der Waals surface area contributed by atoms with Crippen LogP contribution in [0.2, 0.25) is 0 Å². The molecule has 1 fully saturated rings. The van der Waals surface area contributed by atoms with Gasteiger partial charge in [0.15, 0.2) is 9.84 Å². The Bertz CT molecular complexity index is 245. The molecule has 1 heterocycles. The van der Waals surface area contributed by atoms with E-state index in [4.69, 9.17) is 0 Å². The summed E-state index contributed by atoms with van der Waals surface area (Å²) in [6.07, 6.45) is -0.664. The monoisotopic (exact) mass is 210 g/mol. The van der Waals surface area contributed by atoms with Crippen molar-refractivity contribution < 1.29 is 13.5 Å². The zero-order valence-corrected chi connectivity index (χ0v) is 8.86. The maximum atomic E-state index is 11.1. The minimum absolute atomic E-state index is 0.0581. The van der Waals surface area contributed by atoms with E-state index in [2.05, 4.69) is 0 Å². The third-order valence-corrected chi connectivity index (χ3v) is 5.02. The van der Waals surface area contributed by atoms with Crippen LogP contribution >= 0.6 is 11.8 Å². The number of thioether (sulfide) groups is 1. The van der Waals surface area contributed by atoms with Gasteiger partial charge < -0.3 is 5.11 Å². The van der Waals surface area contributed by atoms with Crippen LogP contribution in [0.4, 0.5) is 0 Å². The Morgan fingerprint density at radius 3 is 2.33 bits per heavy atom. The van der Waals surface area contributed by atoms with Crippen LogP contribution in [0.25, 0.3) is 0 Å². The lowest BCUT2D eigenvalue weighted by Crippen LogP contribution is -2.21. The summed E-state index contributed by atoms with van der Waals surface area (Å²) < 4.78 is 22.1. The second-order valence-corrected chi connectivity index (χ2v) is 7.34. The average Bonchev–Trinajstić information content (AvgIpc) is 2.03. The molecule has 0 bridgehead atoms. The van der Waals surface area contributed by atoms with E-state index in [0.29, 0.717) is 5.25 Å². The Morgan fingerprint density at radius 2 is 2.00 bits per heavy atom. The van der Waals surface area contributed by atoms with E-state index >= 15 is 0 Å². The van der Waals surface area contributed by atoms with Crippen molar-refractivity contribution in [2.45, 2.75) is 30.5 Å². The molecule has 0 aromatic carbocycles. The van der Waals surface area contributed by atoms with Gasteiger partial charge in [-0.15, -0.1) is 0 Å². The van der Waals surface area contributed by atoms with Gasteiger partial charge in [0, 0.05) is 5.25 Å². The summed E-state index contributed by atoms with van der Waals surface area (Å²) in [5.74, 6) is 0.0778. The smallest absolute Gasteiger partial charge is 0.154 e. The van der Waals surface area contributed by atoms with Crippen molar-refractivity contribution in [1.29, 1.82) is 0 Å². The van der Waals surface area contributed by atoms with Crippen molar-refractivity contribution in [3.63, 3.8) is 0 Å². The van der Waals surface area contributed by atoms with E-state index in [1.165, 1.54) is 0 Å². The van der Waals surface area contributed by atoms with Gasteiger partial charge in [-0.05, 0) is 5.25 Å². The molecule has 3 nitrogen and oxygen atoms in total. The van der Waals surface area contributed by atoms with Crippen LogP contribution in [0.15, 0.2) is 0 Å². The second-order valence-electron chi connectivity index (χ2n) is 3.37. The van der Waals surface area contributed by atoms with Gasteiger partial charge in [0.25, 0.3) is 0 Å². The summed E-state index contributed by atoms with van der Waals surface area (Å²) in [4.78, 5) is 0. The molecule has 1 aliphatic heterocycles. The van der Waals surface area contributed by atoms with E-state index in [-0.39, 0.29) is 16.8 Å². The molecule has 1 N–H and O–H groups in total. The van der Waals surface area contributed by atoms with Gasteiger partial charge in [0.2, 0.25) is 0 Å². The van der Waals surface area contributed by atoms with E-state index in [0.717, 1.165) is 0 Å². The van der Waals surface area contributed by atoms with Crippen LogP contribution in [0.5, 0.6) is 0 Å². The lowest BCUT2D eigenvalue weighted by Gasteiger charge is -2.14. The Hall–Kier alpha value is 0.260. The molecule has 2 atom stereocenters. The zero-order chi connectivity index (χ0) is 9.35. The fourth-order valence-electron chi connectivity index (χ4n) is 1.28. The van der Waals surface area contributed by atoms with Crippen molar-refractivity contribution in [3.05, 3.63) is 0 Å². The summed E-state index contributed by atoms with van der Waals surface area (Å²) >= 11 is 1.54. The van der Waals surface area contributed by atoms with Crippen LogP contribution in [0.1, 0.15) is 13.8 Å². The summed E-state index contributed by atoms with van der Waals surface area (Å²) in [6, 6.07) is 0. The molecule has 5 heteroatoms. The van der Waals surface area contributed by atoms with E-state index in [9.17, 15) is 13.5 Å². The third-order valence-electron chi connectivity index (χ3n) is 1.72.